The summed E-state index contributed by atoms with van der Waals surface area (Å²) < 4.78 is 0. The van der Waals surface area contributed by atoms with Crippen molar-refractivity contribution in [3.63, 3.8) is 0 Å². The standard InChI is InChI=1S/C14H23N5O/c1-10(2)14-17-11(15)8-12(18-14)16-9-13(20)19-6-4-3-5-7-19/h8,10H,3-7,9H2,1-2H3,(H3,15,16,17,18). The SMILES string of the molecule is CC(C)c1nc(N)cc(NCC(=O)N2CCCCC2)n1. The minimum absolute atomic E-state index is 0.119. The molecule has 6 heteroatoms. The molecule has 1 aliphatic heterocycles. The van der Waals surface area contributed by atoms with Crippen LogP contribution in [0.25, 0.3) is 0 Å². The second-order valence-corrected chi connectivity index (χ2v) is 5.49. The summed E-state index contributed by atoms with van der Waals surface area (Å²) in [7, 11) is 0. The second-order valence-electron chi connectivity index (χ2n) is 5.49. The first-order valence-corrected chi connectivity index (χ1v) is 7.22. The number of hydrogen-bond donors (Lipinski definition) is 2. The molecule has 1 fully saturated rings. The number of likely N-dealkylation sites (tertiary alicyclic amines) is 1. The Hall–Kier alpha value is -1.85. The number of amides is 1. The molecule has 1 amide bonds. The lowest BCUT2D eigenvalue weighted by atomic mass is 10.1. The minimum Gasteiger partial charge on any atom is -0.384 e. The number of carbonyl (C=O) groups is 1. The molecule has 1 saturated heterocycles. The topological polar surface area (TPSA) is 84.1 Å². The molecule has 3 N–H and O–H groups in total. The molecule has 0 aliphatic carbocycles. The molecular formula is C14H23N5O. The molecule has 110 valence electrons. The average Bonchev–Trinajstić information content (AvgIpc) is 2.45. The van der Waals surface area contributed by atoms with Crippen molar-refractivity contribution in [1.82, 2.24) is 14.9 Å². The van der Waals surface area contributed by atoms with E-state index in [1.54, 1.807) is 6.07 Å². The van der Waals surface area contributed by atoms with Crippen molar-refractivity contribution < 1.29 is 4.79 Å². The van der Waals surface area contributed by atoms with Crippen LogP contribution in [0.1, 0.15) is 44.9 Å². The molecule has 0 radical (unpaired) electrons. The van der Waals surface area contributed by atoms with Crippen molar-refractivity contribution in [2.24, 2.45) is 0 Å². The summed E-state index contributed by atoms with van der Waals surface area (Å²) in [6.07, 6.45) is 3.42. The third kappa shape index (κ3) is 3.82. The molecule has 0 atom stereocenters. The van der Waals surface area contributed by atoms with Crippen molar-refractivity contribution in [1.29, 1.82) is 0 Å². The molecule has 0 unspecified atom stereocenters. The maximum atomic E-state index is 12.1. The van der Waals surface area contributed by atoms with E-state index in [0.717, 1.165) is 25.9 Å². The van der Waals surface area contributed by atoms with Crippen molar-refractivity contribution in [3.8, 4) is 0 Å². The van der Waals surface area contributed by atoms with Gasteiger partial charge in [0.1, 0.15) is 17.5 Å². The zero-order valence-corrected chi connectivity index (χ0v) is 12.2. The molecule has 0 bridgehead atoms. The summed E-state index contributed by atoms with van der Waals surface area (Å²) in [6.45, 7) is 6.01. The molecule has 2 rings (SSSR count). The monoisotopic (exact) mass is 277 g/mol. The normalized spacial score (nSPS) is 15.4. The maximum absolute atomic E-state index is 12.1. The lowest BCUT2D eigenvalue weighted by Crippen LogP contribution is -2.39. The first-order valence-electron chi connectivity index (χ1n) is 7.22. The quantitative estimate of drug-likeness (QED) is 0.873. The van der Waals surface area contributed by atoms with E-state index in [9.17, 15) is 4.79 Å². The smallest absolute Gasteiger partial charge is 0.241 e. The van der Waals surface area contributed by atoms with Crippen LogP contribution in [0, 0.1) is 0 Å². The molecule has 1 aromatic heterocycles. The number of nitrogens with two attached hydrogens (primary N) is 1. The van der Waals surface area contributed by atoms with E-state index in [-0.39, 0.29) is 18.4 Å². The Balaban J connectivity index is 1.94. The summed E-state index contributed by atoms with van der Waals surface area (Å²) in [5.41, 5.74) is 5.76. The Morgan fingerprint density at radius 3 is 2.70 bits per heavy atom. The number of aromatic nitrogens is 2. The van der Waals surface area contributed by atoms with Gasteiger partial charge in [-0.15, -0.1) is 0 Å². The molecule has 0 saturated carbocycles. The zero-order chi connectivity index (χ0) is 14.5. The number of nitrogen functional groups attached to an aromatic ring is 1. The van der Waals surface area contributed by atoms with Crippen LogP contribution >= 0.6 is 0 Å². The molecule has 1 aliphatic rings. The van der Waals surface area contributed by atoms with Gasteiger partial charge < -0.3 is 16.0 Å². The first kappa shape index (κ1) is 14.6. The van der Waals surface area contributed by atoms with Gasteiger partial charge in [0.2, 0.25) is 5.91 Å². The van der Waals surface area contributed by atoms with Crippen LogP contribution in [0.4, 0.5) is 11.6 Å². The average molecular weight is 277 g/mol. The second kappa shape index (κ2) is 6.54. The molecule has 2 heterocycles. The molecule has 0 spiro atoms. The van der Waals surface area contributed by atoms with Crippen molar-refractivity contribution in [3.05, 3.63) is 11.9 Å². The van der Waals surface area contributed by atoms with E-state index in [1.807, 2.05) is 18.7 Å². The lowest BCUT2D eigenvalue weighted by Gasteiger charge is -2.26. The van der Waals surface area contributed by atoms with Crippen molar-refractivity contribution in [2.75, 3.05) is 30.7 Å². The van der Waals surface area contributed by atoms with Gasteiger partial charge in [0, 0.05) is 25.1 Å². The van der Waals surface area contributed by atoms with Crippen LogP contribution in [-0.4, -0.2) is 40.4 Å². The summed E-state index contributed by atoms with van der Waals surface area (Å²) in [6, 6.07) is 1.66. The van der Waals surface area contributed by atoms with Crippen LogP contribution in [0.2, 0.25) is 0 Å². The number of carbonyl (C=O) groups excluding carboxylic acids is 1. The fourth-order valence-electron chi connectivity index (χ4n) is 2.26. The van der Waals surface area contributed by atoms with Gasteiger partial charge in [-0.1, -0.05) is 13.8 Å². The Morgan fingerprint density at radius 1 is 1.35 bits per heavy atom. The minimum atomic E-state index is 0.119. The van der Waals surface area contributed by atoms with Gasteiger partial charge in [0.05, 0.1) is 6.54 Å². The van der Waals surface area contributed by atoms with Gasteiger partial charge in [-0.2, -0.15) is 0 Å². The van der Waals surface area contributed by atoms with Gasteiger partial charge in [-0.25, -0.2) is 9.97 Å². The predicted octanol–water partition coefficient (Wildman–Crippen LogP) is 1.61. The van der Waals surface area contributed by atoms with Crippen molar-refractivity contribution >= 4 is 17.5 Å². The highest BCUT2D eigenvalue weighted by Crippen LogP contribution is 2.15. The Labute approximate surface area is 119 Å². The van der Waals surface area contributed by atoms with Crippen LogP contribution in [0.5, 0.6) is 0 Å². The Morgan fingerprint density at radius 2 is 2.05 bits per heavy atom. The first-order chi connectivity index (χ1) is 9.56. The zero-order valence-electron chi connectivity index (χ0n) is 12.2. The van der Waals surface area contributed by atoms with E-state index in [0.29, 0.717) is 17.5 Å². The highest BCUT2D eigenvalue weighted by atomic mass is 16.2. The third-order valence-electron chi connectivity index (χ3n) is 3.41. The fourth-order valence-corrected chi connectivity index (χ4v) is 2.26. The number of hydrogen-bond acceptors (Lipinski definition) is 5. The lowest BCUT2D eigenvalue weighted by molar-refractivity contribution is -0.130. The number of nitrogens with zero attached hydrogens (tertiary/aromatic N) is 3. The predicted molar refractivity (Wildman–Crippen MR) is 79.5 cm³/mol. The van der Waals surface area contributed by atoms with Gasteiger partial charge in [0.25, 0.3) is 0 Å². The highest BCUT2D eigenvalue weighted by Gasteiger charge is 2.16. The highest BCUT2D eigenvalue weighted by molar-refractivity contribution is 5.80. The van der Waals surface area contributed by atoms with E-state index in [4.69, 9.17) is 5.73 Å². The van der Waals surface area contributed by atoms with E-state index in [1.165, 1.54) is 6.42 Å². The van der Waals surface area contributed by atoms with Gasteiger partial charge in [-0.3, -0.25) is 4.79 Å². The van der Waals surface area contributed by atoms with E-state index in [2.05, 4.69) is 15.3 Å². The molecular weight excluding hydrogens is 254 g/mol. The summed E-state index contributed by atoms with van der Waals surface area (Å²) >= 11 is 0. The van der Waals surface area contributed by atoms with Crippen LogP contribution in [0.3, 0.4) is 0 Å². The summed E-state index contributed by atoms with van der Waals surface area (Å²) in [4.78, 5) is 22.5. The third-order valence-corrected chi connectivity index (χ3v) is 3.41. The molecule has 6 nitrogen and oxygen atoms in total. The van der Waals surface area contributed by atoms with Gasteiger partial charge >= 0.3 is 0 Å². The molecule has 1 aromatic rings. The van der Waals surface area contributed by atoms with E-state index >= 15 is 0 Å². The Kier molecular flexibility index (Phi) is 4.76. The van der Waals surface area contributed by atoms with Crippen LogP contribution in [0.15, 0.2) is 6.07 Å². The van der Waals surface area contributed by atoms with Gasteiger partial charge in [-0.05, 0) is 19.3 Å². The van der Waals surface area contributed by atoms with Crippen LogP contribution < -0.4 is 11.1 Å². The Bertz CT molecular complexity index is 469. The summed E-state index contributed by atoms with van der Waals surface area (Å²) in [5, 5.41) is 3.06. The molecule has 20 heavy (non-hydrogen) atoms. The maximum Gasteiger partial charge on any atom is 0.241 e. The number of nitrogens with one attached hydrogen (secondary N) is 1. The molecule has 0 aromatic carbocycles. The number of rotatable bonds is 4. The largest absolute Gasteiger partial charge is 0.384 e. The summed E-state index contributed by atoms with van der Waals surface area (Å²) in [5.74, 6) is 2.06. The van der Waals surface area contributed by atoms with Crippen molar-refractivity contribution in [2.45, 2.75) is 39.0 Å². The van der Waals surface area contributed by atoms with Gasteiger partial charge in [0.15, 0.2) is 0 Å². The van der Waals surface area contributed by atoms with Crippen LogP contribution in [-0.2, 0) is 4.79 Å². The number of piperidine rings is 1. The van der Waals surface area contributed by atoms with E-state index < -0.39 is 0 Å². The number of anilines is 2. The fraction of sp³-hybridized carbons (Fsp3) is 0.643.